The Bertz CT molecular complexity index is 478. The van der Waals surface area contributed by atoms with Gasteiger partial charge in [0.1, 0.15) is 0 Å². The van der Waals surface area contributed by atoms with Gasteiger partial charge in [-0.05, 0) is 25.0 Å². The van der Waals surface area contributed by atoms with E-state index in [1.165, 1.54) is 4.90 Å². The summed E-state index contributed by atoms with van der Waals surface area (Å²) in [5.41, 5.74) is -0.0917. The van der Waals surface area contributed by atoms with Crippen LogP contribution in [0.4, 0.5) is 8.78 Å². The molecule has 0 unspecified atom stereocenters. The minimum absolute atomic E-state index is 0.0844. The second kappa shape index (κ2) is 7.55. The van der Waals surface area contributed by atoms with E-state index in [9.17, 15) is 13.6 Å². The van der Waals surface area contributed by atoms with Crippen molar-refractivity contribution in [1.82, 2.24) is 4.90 Å². The van der Waals surface area contributed by atoms with Crippen molar-refractivity contribution in [2.45, 2.75) is 32.7 Å². The van der Waals surface area contributed by atoms with Crippen LogP contribution in [0.2, 0.25) is 5.02 Å². The van der Waals surface area contributed by atoms with Gasteiger partial charge in [0.2, 0.25) is 0 Å². The highest BCUT2D eigenvalue weighted by Gasteiger charge is 2.25. The van der Waals surface area contributed by atoms with Gasteiger partial charge in [-0.1, -0.05) is 25.4 Å². The maximum atomic E-state index is 13.3. The smallest absolute Gasteiger partial charge is 0.255 e. The van der Waals surface area contributed by atoms with E-state index in [2.05, 4.69) is 0 Å². The molecule has 0 aromatic heterocycles. The van der Waals surface area contributed by atoms with Gasteiger partial charge in [0, 0.05) is 12.6 Å². The van der Waals surface area contributed by atoms with Crippen LogP contribution in [0.5, 0.6) is 0 Å². The van der Waals surface area contributed by atoms with E-state index in [0.29, 0.717) is 12.8 Å². The Morgan fingerprint density at radius 3 is 2.35 bits per heavy atom. The fraction of sp³-hybridized carbons (Fsp3) is 0.500. The van der Waals surface area contributed by atoms with Crippen molar-refractivity contribution in [3.63, 3.8) is 0 Å². The lowest BCUT2D eigenvalue weighted by Gasteiger charge is -2.30. The zero-order valence-electron chi connectivity index (χ0n) is 11.5. The van der Waals surface area contributed by atoms with Crippen LogP contribution in [-0.4, -0.2) is 35.1 Å². The molecule has 20 heavy (non-hydrogen) atoms. The molecule has 0 spiro atoms. The van der Waals surface area contributed by atoms with Gasteiger partial charge < -0.3 is 10.0 Å². The Labute approximate surface area is 122 Å². The van der Waals surface area contributed by atoms with Gasteiger partial charge in [-0.15, -0.1) is 0 Å². The quantitative estimate of drug-likeness (QED) is 0.820. The summed E-state index contributed by atoms with van der Waals surface area (Å²) in [5, 5.41) is 8.94. The topological polar surface area (TPSA) is 40.5 Å². The van der Waals surface area contributed by atoms with Crippen molar-refractivity contribution in [3.8, 4) is 0 Å². The van der Waals surface area contributed by atoms with Gasteiger partial charge >= 0.3 is 0 Å². The Balaban J connectivity index is 3.15. The van der Waals surface area contributed by atoms with E-state index in [-0.39, 0.29) is 29.8 Å². The molecule has 0 heterocycles. The Morgan fingerprint density at radius 2 is 1.85 bits per heavy atom. The highest BCUT2D eigenvalue weighted by Crippen LogP contribution is 2.23. The number of halogens is 3. The number of hydrogen-bond acceptors (Lipinski definition) is 2. The zero-order valence-corrected chi connectivity index (χ0v) is 12.3. The molecule has 0 aliphatic rings. The SMILES string of the molecule is CCC(CC)N(CCO)C(=O)c1cc(F)c(F)cc1Cl. The molecule has 0 radical (unpaired) electrons. The molecule has 1 aromatic rings. The first-order valence-corrected chi connectivity index (χ1v) is 6.90. The van der Waals surface area contributed by atoms with Crippen LogP contribution >= 0.6 is 11.6 Å². The lowest BCUT2D eigenvalue weighted by molar-refractivity contribution is 0.0622. The summed E-state index contributed by atoms with van der Waals surface area (Å²) >= 11 is 5.81. The molecular formula is C14H18ClF2NO2. The third-order valence-corrected chi connectivity index (χ3v) is 3.54. The highest BCUT2D eigenvalue weighted by atomic mass is 35.5. The van der Waals surface area contributed by atoms with Crippen molar-refractivity contribution in [2.75, 3.05) is 13.2 Å². The molecule has 0 atom stereocenters. The van der Waals surface area contributed by atoms with Crippen molar-refractivity contribution < 1.29 is 18.7 Å². The average Bonchev–Trinajstić information content (AvgIpc) is 2.42. The summed E-state index contributed by atoms with van der Waals surface area (Å²) in [7, 11) is 0. The molecule has 0 bridgehead atoms. The van der Waals surface area contributed by atoms with Gasteiger partial charge in [0.25, 0.3) is 5.91 Å². The number of rotatable bonds is 6. The fourth-order valence-corrected chi connectivity index (χ4v) is 2.36. The lowest BCUT2D eigenvalue weighted by atomic mass is 10.1. The second-order valence-corrected chi connectivity index (χ2v) is 4.85. The van der Waals surface area contributed by atoms with Crippen LogP contribution in [0.1, 0.15) is 37.0 Å². The van der Waals surface area contributed by atoms with E-state index in [4.69, 9.17) is 16.7 Å². The molecule has 112 valence electrons. The number of hydrogen-bond donors (Lipinski definition) is 1. The van der Waals surface area contributed by atoms with E-state index in [0.717, 1.165) is 12.1 Å². The molecule has 0 saturated heterocycles. The number of amides is 1. The van der Waals surface area contributed by atoms with Gasteiger partial charge in [0.05, 0.1) is 17.2 Å². The molecule has 0 aliphatic carbocycles. The maximum absolute atomic E-state index is 13.3. The lowest BCUT2D eigenvalue weighted by Crippen LogP contribution is -2.41. The van der Waals surface area contributed by atoms with Crippen LogP contribution in [0.25, 0.3) is 0 Å². The number of aliphatic hydroxyl groups is 1. The summed E-state index contributed by atoms with van der Waals surface area (Å²) in [5.74, 6) is -2.72. The third-order valence-electron chi connectivity index (χ3n) is 3.23. The molecule has 0 aliphatic heterocycles. The molecule has 3 nitrogen and oxygen atoms in total. The van der Waals surface area contributed by atoms with Crippen LogP contribution < -0.4 is 0 Å². The summed E-state index contributed by atoms with van der Waals surface area (Å²) in [6.07, 6.45) is 1.40. The zero-order chi connectivity index (χ0) is 15.3. The van der Waals surface area contributed by atoms with Crippen molar-refractivity contribution in [1.29, 1.82) is 0 Å². The monoisotopic (exact) mass is 305 g/mol. The summed E-state index contributed by atoms with van der Waals surface area (Å²) < 4.78 is 26.3. The minimum Gasteiger partial charge on any atom is -0.395 e. The molecular weight excluding hydrogens is 288 g/mol. The van der Waals surface area contributed by atoms with Crippen LogP contribution in [-0.2, 0) is 0 Å². The van der Waals surface area contributed by atoms with Crippen molar-refractivity contribution >= 4 is 17.5 Å². The van der Waals surface area contributed by atoms with Crippen LogP contribution in [0, 0.1) is 11.6 Å². The summed E-state index contributed by atoms with van der Waals surface area (Å²) in [6, 6.07) is 1.50. The van der Waals surface area contributed by atoms with Crippen molar-refractivity contribution in [3.05, 3.63) is 34.4 Å². The average molecular weight is 306 g/mol. The fourth-order valence-electron chi connectivity index (χ4n) is 2.13. The van der Waals surface area contributed by atoms with Gasteiger partial charge in [0.15, 0.2) is 11.6 Å². The second-order valence-electron chi connectivity index (χ2n) is 4.44. The number of nitrogens with zero attached hydrogens (tertiary/aromatic N) is 1. The van der Waals surface area contributed by atoms with E-state index >= 15 is 0 Å². The van der Waals surface area contributed by atoms with E-state index in [1.54, 1.807) is 0 Å². The number of carbonyl (C=O) groups excluding carboxylic acids is 1. The predicted molar refractivity (Wildman–Crippen MR) is 73.9 cm³/mol. The standard InChI is InChI=1S/C14H18ClF2NO2/c1-3-9(4-2)18(5-6-19)14(20)10-7-12(16)13(17)8-11(10)15/h7-9,19H,3-6H2,1-2H3. The maximum Gasteiger partial charge on any atom is 0.255 e. The number of carbonyl (C=O) groups is 1. The molecule has 6 heteroatoms. The van der Waals surface area contributed by atoms with Crippen LogP contribution in [0.15, 0.2) is 12.1 Å². The first-order chi connectivity index (χ1) is 9.46. The molecule has 1 aromatic carbocycles. The minimum atomic E-state index is -1.12. The van der Waals surface area contributed by atoms with Gasteiger partial charge in [-0.25, -0.2) is 8.78 Å². The molecule has 1 N–H and O–H groups in total. The normalized spacial score (nSPS) is 10.9. The third kappa shape index (κ3) is 3.67. The first kappa shape index (κ1) is 16.9. The van der Waals surface area contributed by atoms with Crippen molar-refractivity contribution in [2.24, 2.45) is 0 Å². The number of benzene rings is 1. The van der Waals surface area contributed by atoms with Gasteiger partial charge in [-0.2, -0.15) is 0 Å². The predicted octanol–water partition coefficient (Wildman–Crippen LogP) is 3.24. The molecule has 1 rings (SSSR count). The number of aliphatic hydroxyl groups excluding tert-OH is 1. The van der Waals surface area contributed by atoms with Gasteiger partial charge in [-0.3, -0.25) is 4.79 Å². The summed E-state index contributed by atoms with van der Waals surface area (Å²) in [6.45, 7) is 3.75. The Hall–Kier alpha value is -1.20. The Morgan fingerprint density at radius 1 is 1.30 bits per heavy atom. The summed E-state index contributed by atoms with van der Waals surface area (Å²) in [4.78, 5) is 13.9. The Kier molecular flexibility index (Phi) is 6.36. The van der Waals surface area contributed by atoms with Crippen LogP contribution in [0.3, 0.4) is 0 Å². The first-order valence-electron chi connectivity index (χ1n) is 6.52. The van der Waals surface area contributed by atoms with E-state index < -0.39 is 17.5 Å². The largest absolute Gasteiger partial charge is 0.395 e. The molecule has 0 saturated carbocycles. The molecule has 0 fully saturated rings. The highest BCUT2D eigenvalue weighted by molar-refractivity contribution is 6.33. The van der Waals surface area contributed by atoms with E-state index in [1.807, 2.05) is 13.8 Å². The molecule has 1 amide bonds.